The molecule has 0 aromatic heterocycles. The molecule has 0 radical (unpaired) electrons. The van der Waals surface area contributed by atoms with Crippen LogP contribution in [-0.4, -0.2) is 78.0 Å². The second-order valence-corrected chi connectivity index (χ2v) is 4.61. The maximum absolute atomic E-state index is 12.1. The second kappa shape index (κ2) is 5.56. The second-order valence-electron chi connectivity index (χ2n) is 4.61. The number of nitrogens with zero attached hydrogens (tertiary/aromatic N) is 3. The van der Waals surface area contributed by atoms with Crippen LogP contribution < -0.4 is 0 Å². The van der Waals surface area contributed by atoms with Crippen LogP contribution in [0.5, 0.6) is 0 Å². The van der Waals surface area contributed by atoms with Crippen LogP contribution in [0.4, 0.5) is 4.79 Å². The molecule has 1 atom stereocenters. The van der Waals surface area contributed by atoms with Crippen molar-refractivity contribution in [2.75, 3.05) is 39.3 Å². The molecule has 0 bridgehead atoms. The van der Waals surface area contributed by atoms with Crippen molar-refractivity contribution < 1.29 is 19.1 Å². The lowest BCUT2D eigenvalue weighted by Crippen LogP contribution is -2.54. The summed E-state index contributed by atoms with van der Waals surface area (Å²) >= 11 is 0. The van der Waals surface area contributed by atoms with Gasteiger partial charge in [0, 0.05) is 26.2 Å². The van der Waals surface area contributed by atoms with Gasteiger partial charge in [0.25, 0.3) is 5.91 Å². The number of hydrogen-bond acceptors (Lipinski definition) is 5. The molecule has 2 rings (SSSR count). The molecule has 106 valence electrons. The van der Waals surface area contributed by atoms with Crippen LogP contribution in [0, 0.1) is 0 Å². The van der Waals surface area contributed by atoms with Crippen molar-refractivity contribution >= 4 is 17.9 Å². The van der Waals surface area contributed by atoms with Crippen LogP contribution in [0.1, 0.15) is 13.8 Å². The largest absolute Gasteiger partial charge is 0.465 e. The van der Waals surface area contributed by atoms with E-state index >= 15 is 0 Å². The Balaban J connectivity index is 1.98. The summed E-state index contributed by atoms with van der Waals surface area (Å²) in [6.07, 6.45) is 0. The number of ether oxygens (including phenoxy) is 1. The number of amides is 3. The van der Waals surface area contributed by atoms with Gasteiger partial charge in [-0.1, -0.05) is 0 Å². The van der Waals surface area contributed by atoms with E-state index in [1.54, 1.807) is 18.7 Å². The molecule has 2 fully saturated rings. The maximum Gasteiger partial charge on any atom is 0.327 e. The zero-order chi connectivity index (χ0) is 14.0. The smallest absolute Gasteiger partial charge is 0.327 e. The molecule has 7 heteroatoms. The van der Waals surface area contributed by atoms with Crippen LogP contribution in [-0.2, 0) is 14.3 Å². The van der Waals surface area contributed by atoms with Gasteiger partial charge in [-0.2, -0.15) is 0 Å². The maximum atomic E-state index is 12.1. The molecule has 2 aliphatic rings. The lowest BCUT2D eigenvalue weighted by atomic mass is 10.2. The zero-order valence-electron chi connectivity index (χ0n) is 11.3. The van der Waals surface area contributed by atoms with Crippen molar-refractivity contribution in [3.63, 3.8) is 0 Å². The van der Waals surface area contributed by atoms with E-state index in [9.17, 15) is 14.4 Å². The Hall–Kier alpha value is -1.63. The number of hydrogen-bond donors (Lipinski definition) is 0. The fraction of sp³-hybridized carbons (Fsp3) is 0.750. The number of esters is 1. The van der Waals surface area contributed by atoms with E-state index in [0.29, 0.717) is 32.8 Å². The third-order valence-electron chi connectivity index (χ3n) is 3.47. The highest BCUT2D eigenvalue weighted by atomic mass is 16.5. The van der Waals surface area contributed by atoms with Crippen molar-refractivity contribution in [2.45, 2.75) is 19.9 Å². The molecular weight excluding hydrogens is 250 g/mol. The molecule has 19 heavy (non-hydrogen) atoms. The first-order chi connectivity index (χ1) is 9.08. The van der Waals surface area contributed by atoms with Gasteiger partial charge in [-0.15, -0.1) is 0 Å². The standard InChI is InChI=1S/C12H19N3O4/c1-3-14-11(17)9-7-13(8-10(16)19-4-2)5-6-15(9)12(14)18/h9H,3-8H2,1-2H3. The molecule has 0 N–H and O–H groups in total. The van der Waals surface area contributed by atoms with Gasteiger partial charge in [-0.25, -0.2) is 4.79 Å². The predicted molar refractivity (Wildman–Crippen MR) is 66.4 cm³/mol. The third kappa shape index (κ3) is 2.56. The molecule has 3 amide bonds. The molecule has 7 nitrogen and oxygen atoms in total. The Morgan fingerprint density at radius 1 is 1.32 bits per heavy atom. The summed E-state index contributed by atoms with van der Waals surface area (Å²) in [4.78, 5) is 40.1. The minimum atomic E-state index is -0.448. The summed E-state index contributed by atoms with van der Waals surface area (Å²) in [6, 6.07) is -0.663. The van der Waals surface area contributed by atoms with E-state index in [2.05, 4.69) is 0 Å². The average molecular weight is 269 g/mol. The normalized spacial score (nSPS) is 23.8. The molecule has 2 aliphatic heterocycles. The zero-order valence-corrected chi connectivity index (χ0v) is 11.3. The molecule has 2 heterocycles. The molecule has 2 saturated heterocycles. The van der Waals surface area contributed by atoms with Gasteiger partial charge in [0.2, 0.25) is 0 Å². The van der Waals surface area contributed by atoms with Crippen molar-refractivity contribution in [1.29, 1.82) is 0 Å². The summed E-state index contributed by atoms with van der Waals surface area (Å²) in [5.74, 6) is -0.457. The molecule has 0 saturated carbocycles. The van der Waals surface area contributed by atoms with Crippen LogP contribution >= 0.6 is 0 Å². The first-order valence-electron chi connectivity index (χ1n) is 6.58. The fourth-order valence-corrected chi connectivity index (χ4v) is 2.53. The van der Waals surface area contributed by atoms with Gasteiger partial charge in [-0.05, 0) is 13.8 Å². The van der Waals surface area contributed by atoms with E-state index < -0.39 is 6.04 Å². The van der Waals surface area contributed by atoms with Crippen molar-refractivity contribution in [2.24, 2.45) is 0 Å². The number of carbonyl (C=O) groups is 3. The van der Waals surface area contributed by atoms with Crippen molar-refractivity contribution in [3.8, 4) is 0 Å². The van der Waals surface area contributed by atoms with Crippen LogP contribution in [0.3, 0.4) is 0 Å². The van der Waals surface area contributed by atoms with Crippen LogP contribution in [0.25, 0.3) is 0 Å². The number of likely N-dealkylation sites (N-methyl/N-ethyl adjacent to an activating group) is 1. The van der Waals surface area contributed by atoms with Gasteiger partial charge in [0.05, 0.1) is 13.2 Å². The monoisotopic (exact) mass is 269 g/mol. The summed E-state index contributed by atoms with van der Waals surface area (Å²) in [5, 5.41) is 0. The number of rotatable bonds is 4. The Labute approximate surface area is 112 Å². The highest BCUT2D eigenvalue weighted by Gasteiger charge is 2.46. The first-order valence-corrected chi connectivity index (χ1v) is 6.58. The highest BCUT2D eigenvalue weighted by Crippen LogP contribution is 2.21. The number of fused-ring (bicyclic) bond motifs is 1. The number of imide groups is 1. The van der Waals surface area contributed by atoms with Crippen LogP contribution in [0.15, 0.2) is 0 Å². The van der Waals surface area contributed by atoms with Gasteiger partial charge in [0.15, 0.2) is 0 Å². The van der Waals surface area contributed by atoms with Gasteiger partial charge >= 0.3 is 12.0 Å². The Bertz CT molecular complexity index is 398. The predicted octanol–water partition coefficient (Wildman–Crippen LogP) is -0.482. The molecule has 0 aromatic rings. The van der Waals surface area contributed by atoms with Crippen molar-refractivity contribution in [3.05, 3.63) is 0 Å². The lowest BCUT2D eigenvalue weighted by Gasteiger charge is -2.34. The van der Waals surface area contributed by atoms with E-state index in [0.717, 1.165) is 0 Å². The van der Waals surface area contributed by atoms with Gasteiger partial charge in [-0.3, -0.25) is 19.4 Å². The molecule has 1 unspecified atom stereocenters. The minimum absolute atomic E-state index is 0.166. The average Bonchev–Trinajstić information content (AvgIpc) is 2.61. The molecule has 0 aliphatic carbocycles. The third-order valence-corrected chi connectivity index (χ3v) is 3.47. The Morgan fingerprint density at radius 3 is 2.68 bits per heavy atom. The van der Waals surface area contributed by atoms with Crippen LogP contribution in [0.2, 0.25) is 0 Å². The fourth-order valence-electron chi connectivity index (χ4n) is 2.53. The van der Waals surface area contributed by atoms with E-state index in [1.165, 1.54) is 4.90 Å². The quantitative estimate of drug-likeness (QED) is 0.509. The Morgan fingerprint density at radius 2 is 2.05 bits per heavy atom. The number of piperazine rings is 1. The number of urea groups is 1. The Kier molecular flexibility index (Phi) is 4.04. The molecular formula is C12H19N3O4. The topological polar surface area (TPSA) is 70.2 Å². The van der Waals surface area contributed by atoms with E-state index in [1.807, 2.05) is 4.90 Å². The van der Waals surface area contributed by atoms with E-state index in [-0.39, 0.29) is 24.5 Å². The number of carbonyl (C=O) groups excluding carboxylic acids is 3. The highest BCUT2D eigenvalue weighted by molar-refractivity contribution is 6.04. The van der Waals surface area contributed by atoms with Gasteiger partial charge in [0.1, 0.15) is 6.04 Å². The summed E-state index contributed by atoms with van der Waals surface area (Å²) in [6.45, 7) is 5.92. The summed E-state index contributed by atoms with van der Waals surface area (Å²) in [5.41, 5.74) is 0. The lowest BCUT2D eigenvalue weighted by molar-refractivity contribution is -0.145. The van der Waals surface area contributed by atoms with Crippen molar-refractivity contribution in [1.82, 2.24) is 14.7 Å². The van der Waals surface area contributed by atoms with Gasteiger partial charge < -0.3 is 9.64 Å². The SMILES string of the molecule is CCOC(=O)CN1CCN2C(=O)N(CC)C(=O)C2C1. The minimum Gasteiger partial charge on any atom is -0.465 e. The molecule has 0 aromatic carbocycles. The summed E-state index contributed by atoms with van der Waals surface area (Å²) in [7, 11) is 0. The first kappa shape index (κ1) is 13.8. The van der Waals surface area contributed by atoms with E-state index in [4.69, 9.17) is 4.74 Å². The molecule has 0 spiro atoms. The summed E-state index contributed by atoms with van der Waals surface area (Å²) < 4.78 is 4.89.